The van der Waals surface area contributed by atoms with Crippen LogP contribution in [0, 0.1) is 11.3 Å². The predicted octanol–water partition coefficient (Wildman–Crippen LogP) is 4.36. The first kappa shape index (κ1) is 13.3. The maximum absolute atomic E-state index is 9.36. The van der Waals surface area contributed by atoms with E-state index < -0.39 is 0 Å². The largest absolute Gasteiger partial charge is 0.497 e. The number of nitriles is 1. The van der Waals surface area contributed by atoms with Crippen LogP contribution in [0.2, 0.25) is 0 Å². The molecule has 2 heterocycles. The number of thiophene rings is 1. The van der Waals surface area contributed by atoms with E-state index in [1.54, 1.807) is 30.8 Å². The van der Waals surface area contributed by atoms with Crippen LogP contribution in [0.4, 0.5) is 0 Å². The fraction of sp³-hybridized carbons (Fsp3) is 0.0588. The van der Waals surface area contributed by atoms with Crippen LogP contribution in [0.1, 0.15) is 5.56 Å². The van der Waals surface area contributed by atoms with Gasteiger partial charge in [0.1, 0.15) is 11.8 Å². The first-order chi connectivity index (χ1) is 10.3. The molecule has 0 aliphatic heterocycles. The first-order valence-electron chi connectivity index (χ1n) is 6.38. The molecule has 0 aliphatic carbocycles. The lowest BCUT2D eigenvalue weighted by Crippen LogP contribution is -1.91. The minimum absolute atomic E-state index is 0.585. The molecule has 0 bridgehead atoms. The maximum atomic E-state index is 9.36. The van der Waals surface area contributed by atoms with Crippen molar-refractivity contribution in [1.82, 2.24) is 4.98 Å². The van der Waals surface area contributed by atoms with E-state index in [1.165, 1.54) is 0 Å². The van der Waals surface area contributed by atoms with Gasteiger partial charge < -0.3 is 4.74 Å². The van der Waals surface area contributed by atoms with E-state index in [9.17, 15) is 5.26 Å². The fourth-order valence-electron chi connectivity index (χ4n) is 2.25. The van der Waals surface area contributed by atoms with Crippen molar-refractivity contribution in [3.05, 3.63) is 59.0 Å². The molecule has 102 valence electrons. The van der Waals surface area contributed by atoms with Crippen molar-refractivity contribution in [2.75, 3.05) is 7.11 Å². The van der Waals surface area contributed by atoms with Crippen LogP contribution >= 0.6 is 11.3 Å². The summed E-state index contributed by atoms with van der Waals surface area (Å²) in [7, 11) is 1.64. The van der Waals surface area contributed by atoms with Gasteiger partial charge in [-0.15, -0.1) is 0 Å². The van der Waals surface area contributed by atoms with Gasteiger partial charge in [-0.2, -0.15) is 16.6 Å². The van der Waals surface area contributed by atoms with E-state index in [0.29, 0.717) is 5.56 Å². The lowest BCUT2D eigenvalue weighted by Gasteiger charge is -2.10. The average molecular weight is 292 g/mol. The summed E-state index contributed by atoms with van der Waals surface area (Å²) in [5.41, 5.74) is 4.53. The minimum atomic E-state index is 0.585. The van der Waals surface area contributed by atoms with Crippen molar-refractivity contribution in [1.29, 1.82) is 5.26 Å². The van der Waals surface area contributed by atoms with Crippen LogP contribution in [0.25, 0.3) is 22.3 Å². The highest BCUT2D eigenvalue weighted by Crippen LogP contribution is 2.35. The second-order valence-electron chi connectivity index (χ2n) is 4.46. The van der Waals surface area contributed by atoms with Crippen molar-refractivity contribution in [3.8, 4) is 34.1 Å². The summed E-state index contributed by atoms with van der Waals surface area (Å²) in [6, 6.07) is 12.0. The number of ether oxygens (including phenoxy) is 1. The van der Waals surface area contributed by atoms with E-state index in [0.717, 1.165) is 28.0 Å². The molecular weight excluding hydrogens is 280 g/mol. The van der Waals surface area contributed by atoms with Gasteiger partial charge in [0.05, 0.1) is 12.7 Å². The van der Waals surface area contributed by atoms with Crippen LogP contribution in [0.3, 0.4) is 0 Å². The summed E-state index contributed by atoms with van der Waals surface area (Å²) >= 11 is 1.61. The molecule has 4 heteroatoms. The molecule has 0 saturated heterocycles. The van der Waals surface area contributed by atoms with Gasteiger partial charge in [-0.3, -0.25) is 4.98 Å². The van der Waals surface area contributed by atoms with Gasteiger partial charge in [-0.25, -0.2) is 0 Å². The Labute approximate surface area is 127 Å². The number of pyridine rings is 1. The van der Waals surface area contributed by atoms with Crippen LogP contribution < -0.4 is 4.74 Å². The van der Waals surface area contributed by atoms with Crippen molar-refractivity contribution in [2.24, 2.45) is 0 Å². The lowest BCUT2D eigenvalue weighted by molar-refractivity contribution is 0.415. The summed E-state index contributed by atoms with van der Waals surface area (Å²) in [5, 5.41) is 13.4. The quantitative estimate of drug-likeness (QED) is 0.720. The molecule has 0 amide bonds. The Kier molecular flexibility index (Phi) is 3.67. The fourth-order valence-corrected chi connectivity index (χ4v) is 2.90. The van der Waals surface area contributed by atoms with E-state index in [1.807, 2.05) is 41.1 Å². The number of aromatic nitrogens is 1. The number of hydrogen-bond donors (Lipinski definition) is 0. The molecule has 0 spiro atoms. The second kappa shape index (κ2) is 5.78. The number of benzene rings is 1. The SMILES string of the molecule is COc1ccc(-c2cncc(C#N)c2-c2ccsc2)cc1. The zero-order valence-electron chi connectivity index (χ0n) is 11.4. The molecule has 0 saturated carbocycles. The highest BCUT2D eigenvalue weighted by molar-refractivity contribution is 7.08. The molecule has 0 unspecified atom stereocenters. The summed E-state index contributed by atoms with van der Waals surface area (Å²) in [4.78, 5) is 4.19. The molecule has 2 aromatic heterocycles. The molecule has 21 heavy (non-hydrogen) atoms. The Morgan fingerprint density at radius 2 is 1.90 bits per heavy atom. The van der Waals surface area contributed by atoms with E-state index >= 15 is 0 Å². The highest BCUT2D eigenvalue weighted by atomic mass is 32.1. The van der Waals surface area contributed by atoms with Gasteiger partial charge in [0.15, 0.2) is 0 Å². The normalized spacial score (nSPS) is 10.1. The van der Waals surface area contributed by atoms with Crippen molar-refractivity contribution < 1.29 is 4.74 Å². The topological polar surface area (TPSA) is 45.9 Å². The van der Waals surface area contributed by atoms with Gasteiger partial charge in [-0.05, 0) is 40.1 Å². The Morgan fingerprint density at radius 3 is 2.52 bits per heavy atom. The minimum Gasteiger partial charge on any atom is -0.497 e. The Bertz CT molecular complexity index is 787. The summed E-state index contributed by atoms with van der Waals surface area (Å²) in [5.74, 6) is 0.806. The van der Waals surface area contributed by atoms with Gasteiger partial charge in [-0.1, -0.05) is 12.1 Å². The monoisotopic (exact) mass is 292 g/mol. The van der Waals surface area contributed by atoms with E-state index in [-0.39, 0.29) is 0 Å². The number of nitrogens with zero attached hydrogens (tertiary/aromatic N) is 2. The zero-order chi connectivity index (χ0) is 14.7. The zero-order valence-corrected chi connectivity index (χ0v) is 12.2. The third kappa shape index (κ3) is 2.51. The average Bonchev–Trinajstić information content (AvgIpc) is 3.08. The number of rotatable bonds is 3. The maximum Gasteiger partial charge on any atom is 0.118 e. The van der Waals surface area contributed by atoms with Crippen LogP contribution in [-0.4, -0.2) is 12.1 Å². The molecule has 3 aromatic rings. The Balaban J connectivity index is 2.20. The summed E-state index contributed by atoms with van der Waals surface area (Å²) < 4.78 is 5.19. The van der Waals surface area contributed by atoms with E-state index in [4.69, 9.17) is 4.74 Å². The number of methoxy groups -OCH3 is 1. The molecule has 0 aliphatic rings. The molecule has 0 atom stereocenters. The van der Waals surface area contributed by atoms with Crippen molar-refractivity contribution in [2.45, 2.75) is 0 Å². The standard InChI is InChI=1S/C17H12N2OS/c1-20-15-4-2-12(3-5-15)16-10-19-9-14(8-18)17(16)13-6-7-21-11-13/h2-7,9-11H,1H3. The summed E-state index contributed by atoms with van der Waals surface area (Å²) in [6.45, 7) is 0. The van der Waals surface area contributed by atoms with E-state index in [2.05, 4.69) is 11.1 Å². The first-order valence-corrected chi connectivity index (χ1v) is 7.33. The van der Waals surface area contributed by atoms with Crippen molar-refractivity contribution in [3.63, 3.8) is 0 Å². The predicted molar refractivity (Wildman–Crippen MR) is 84.3 cm³/mol. The Morgan fingerprint density at radius 1 is 1.10 bits per heavy atom. The molecular formula is C17H12N2OS. The van der Waals surface area contributed by atoms with Gasteiger partial charge >= 0.3 is 0 Å². The third-order valence-electron chi connectivity index (χ3n) is 3.28. The Hall–Kier alpha value is -2.64. The van der Waals surface area contributed by atoms with Crippen LogP contribution in [0.15, 0.2) is 53.5 Å². The molecule has 3 rings (SSSR count). The van der Waals surface area contributed by atoms with Crippen LogP contribution in [0.5, 0.6) is 5.75 Å². The second-order valence-corrected chi connectivity index (χ2v) is 5.24. The lowest BCUT2D eigenvalue weighted by atomic mass is 9.95. The number of hydrogen-bond acceptors (Lipinski definition) is 4. The molecule has 0 radical (unpaired) electrons. The molecule has 0 N–H and O–H groups in total. The van der Waals surface area contributed by atoms with Crippen LogP contribution in [-0.2, 0) is 0 Å². The van der Waals surface area contributed by atoms with Gasteiger partial charge in [0.25, 0.3) is 0 Å². The van der Waals surface area contributed by atoms with Gasteiger partial charge in [0, 0.05) is 23.5 Å². The molecule has 0 fully saturated rings. The molecule has 3 nitrogen and oxygen atoms in total. The third-order valence-corrected chi connectivity index (χ3v) is 3.96. The molecule has 1 aromatic carbocycles. The summed E-state index contributed by atoms with van der Waals surface area (Å²) in [6.07, 6.45) is 3.41. The van der Waals surface area contributed by atoms with Gasteiger partial charge in [0.2, 0.25) is 0 Å². The highest BCUT2D eigenvalue weighted by Gasteiger charge is 2.13. The smallest absolute Gasteiger partial charge is 0.118 e. The van der Waals surface area contributed by atoms with Crippen molar-refractivity contribution >= 4 is 11.3 Å².